The Balaban J connectivity index is 1.36. The largest absolute Gasteiger partial charge is 0.495 e. The number of fused-ring (bicyclic) bond motifs is 1. The number of nitrogens with zero attached hydrogens (tertiary/aromatic N) is 5. The van der Waals surface area contributed by atoms with Crippen LogP contribution in [0.4, 0.5) is 16.0 Å². The minimum absolute atomic E-state index is 0.125. The number of alkyl halides is 1. The van der Waals surface area contributed by atoms with E-state index in [0.29, 0.717) is 29.5 Å². The summed E-state index contributed by atoms with van der Waals surface area (Å²) in [6.45, 7) is 1.07. The van der Waals surface area contributed by atoms with Gasteiger partial charge in [0, 0.05) is 18.3 Å². The number of hydrogen-bond acceptors (Lipinski definition) is 7. The molecule has 4 aromatic rings. The maximum absolute atomic E-state index is 14.7. The number of hydrogen-bond donors (Lipinski definition) is 2. The molecule has 0 radical (unpaired) electrons. The fourth-order valence-corrected chi connectivity index (χ4v) is 5.87. The third kappa shape index (κ3) is 5.23. The molecule has 2 atom stereocenters. The number of ether oxygens (including phenoxy) is 1. The highest BCUT2D eigenvalue weighted by Crippen LogP contribution is 2.38. The minimum Gasteiger partial charge on any atom is -0.495 e. The zero-order valence-electron chi connectivity index (χ0n) is 20.5. The van der Waals surface area contributed by atoms with Crippen molar-refractivity contribution in [2.24, 2.45) is 0 Å². The number of nitrogens with one attached hydrogen (secondary N) is 2. The van der Waals surface area contributed by atoms with Gasteiger partial charge in [-0.3, -0.25) is 4.79 Å². The van der Waals surface area contributed by atoms with Crippen LogP contribution in [0.2, 0.25) is 0 Å². The maximum Gasteiger partial charge on any atom is 0.237 e. The first kappa shape index (κ1) is 25.3. The van der Waals surface area contributed by atoms with Gasteiger partial charge in [0.2, 0.25) is 11.9 Å². The second-order valence-electron chi connectivity index (χ2n) is 8.84. The van der Waals surface area contributed by atoms with E-state index in [0.717, 1.165) is 36.7 Å². The van der Waals surface area contributed by atoms with Gasteiger partial charge in [-0.25, -0.2) is 18.9 Å². The third-order valence-corrected chi connectivity index (χ3v) is 7.73. The number of methoxy groups -OCH3 is 1. The third-order valence-electron chi connectivity index (χ3n) is 6.55. The number of anilines is 2. The first-order valence-electron chi connectivity index (χ1n) is 12.0. The lowest BCUT2D eigenvalue weighted by Gasteiger charge is -2.37. The SMILES string of the molecule is CNCC(=O)N1CCC(c2ccc(Nc3ncc(F)c(-c4cnn5ccccc45)n3)c(OC)c2)CC1I. The van der Waals surface area contributed by atoms with Crippen LogP contribution >= 0.6 is 22.6 Å². The second kappa shape index (κ2) is 11.0. The molecule has 11 heteroatoms. The van der Waals surface area contributed by atoms with E-state index in [9.17, 15) is 9.18 Å². The van der Waals surface area contributed by atoms with Crippen LogP contribution in [0.1, 0.15) is 24.3 Å². The number of amides is 1. The van der Waals surface area contributed by atoms with Gasteiger partial charge in [0.05, 0.1) is 41.3 Å². The zero-order chi connectivity index (χ0) is 25.9. The van der Waals surface area contributed by atoms with Gasteiger partial charge in [0.1, 0.15) is 11.4 Å². The van der Waals surface area contributed by atoms with E-state index in [1.165, 1.54) is 0 Å². The molecule has 1 aromatic carbocycles. The Kier molecular flexibility index (Phi) is 7.51. The Morgan fingerprint density at radius 2 is 2.14 bits per heavy atom. The molecule has 0 spiro atoms. The monoisotopic (exact) mass is 615 g/mol. The molecule has 1 saturated heterocycles. The van der Waals surface area contributed by atoms with Crippen LogP contribution < -0.4 is 15.4 Å². The van der Waals surface area contributed by atoms with Crippen molar-refractivity contribution in [1.82, 2.24) is 29.8 Å². The molecule has 37 heavy (non-hydrogen) atoms. The first-order chi connectivity index (χ1) is 18.0. The molecule has 0 bridgehead atoms. The summed E-state index contributed by atoms with van der Waals surface area (Å²) in [6, 6.07) is 11.6. The lowest BCUT2D eigenvalue weighted by molar-refractivity contribution is -0.131. The summed E-state index contributed by atoms with van der Waals surface area (Å²) in [4.78, 5) is 22.9. The van der Waals surface area contributed by atoms with Crippen LogP contribution in [0, 0.1) is 5.82 Å². The molecule has 9 nitrogen and oxygen atoms in total. The molecule has 2 unspecified atom stereocenters. The number of likely N-dealkylation sites (tertiary alicyclic amines) is 1. The van der Waals surface area contributed by atoms with E-state index in [2.05, 4.69) is 54.4 Å². The molecule has 0 saturated carbocycles. The molecule has 192 valence electrons. The van der Waals surface area contributed by atoms with E-state index in [1.54, 1.807) is 31.1 Å². The predicted molar refractivity (Wildman–Crippen MR) is 148 cm³/mol. The summed E-state index contributed by atoms with van der Waals surface area (Å²) in [5, 5.41) is 10.4. The molecule has 1 amide bonds. The van der Waals surface area contributed by atoms with Crippen molar-refractivity contribution < 1.29 is 13.9 Å². The smallest absolute Gasteiger partial charge is 0.237 e. The van der Waals surface area contributed by atoms with E-state index in [-0.39, 0.29) is 21.6 Å². The number of carbonyl (C=O) groups excluding carboxylic acids is 1. The van der Waals surface area contributed by atoms with Gasteiger partial charge < -0.3 is 20.3 Å². The van der Waals surface area contributed by atoms with Gasteiger partial charge in [-0.1, -0.05) is 34.7 Å². The van der Waals surface area contributed by atoms with Crippen LogP contribution in [0.25, 0.3) is 16.8 Å². The van der Waals surface area contributed by atoms with Crippen molar-refractivity contribution in [3.8, 4) is 17.0 Å². The topological polar surface area (TPSA) is 96.7 Å². The number of aromatic nitrogens is 4. The van der Waals surface area contributed by atoms with E-state index in [4.69, 9.17) is 4.74 Å². The Hall–Kier alpha value is -3.32. The summed E-state index contributed by atoms with van der Waals surface area (Å²) in [7, 11) is 3.40. The molecule has 3 aromatic heterocycles. The molecular weight excluding hydrogens is 588 g/mol. The molecule has 1 aliphatic heterocycles. The van der Waals surface area contributed by atoms with Crippen molar-refractivity contribution in [3.05, 3.63) is 66.4 Å². The molecule has 5 rings (SSSR count). The van der Waals surface area contributed by atoms with E-state index < -0.39 is 5.82 Å². The van der Waals surface area contributed by atoms with Crippen LogP contribution in [-0.4, -0.2) is 61.7 Å². The number of rotatable bonds is 7. The predicted octanol–water partition coefficient (Wildman–Crippen LogP) is 4.37. The molecule has 0 aliphatic carbocycles. The minimum atomic E-state index is -0.528. The lowest BCUT2D eigenvalue weighted by atomic mass is 9.89. The quantitative estimate of drug-likeness (QED) is 0.181. The van der Waals surface area contributed by atoms with Gasteiger partial charge in [0.25, 0.3) is 0 Å². The van der Waals surface area contributed by atoms with E-state index >= 15 is 0 Å². The molecule has 2 N–H and O–H groups in total. The average Bonchev–Trinajstić information content (AvgIpc) is 3.34. The van der Waals surface area contributed by atoms with Crippen LogP contribution in [-0.2, 0) is 4.79 Å². The summed E-state index contributed by atoms with van der Waals surface area (Å²) in [5.74, 6) is 0.802. The lowest BCUT2D eigenvalue weighted by Crippen LogP contribution is -2.45. The first-order valence-corrected chi connectivity index (χ1v) is 13.2. The van der Waals surface area contributed by atoms with Crippen molar-refractivity contribution in [3.63, 3.8) is 0 Å². The fraction of sp³-hybridized carbons (Fsp3) is 0.308. The van der Waals surface area contributed by atoms with Gasteiger partial charge >= 0.3 is 0 Å². The highest BCUT2D eigenvalue weighted by atomic mass is 127. The average molecular weight is 615 g/mol. The van der Waals surface area contributed by atoms with Crippen LogP contribution in [0.15, 0.2) is 55.0 Å². The van der Waals surface area contributed by atoms with Gasteiger partial charge in [-0.2, -0.15) is 5.10 Å². The van der Waals surface area contributed by atoms with Gasteiger partial charge in [-0.15, -0.1) is 0 Å². The van der Waals surface area contributed by atoms with Crippen molar-refractivity contribution in [2.45, 2.75) is 22.8 Å². The molecule has 1 fully saturated rings. The standard InChI is InChI=1S/C26H27FIN7O2/c1-29-15-24(36)34-10-8-17(12-23(34)28)16-6-7-20(22(11-16)37-2)32-26-30-14-19(27)25(33-26)18-13-31-35-9-4-3-5-21(18)35/h3-7,9,11,13-14,17,23,29H,8,10,12,15H2,1-2H3,(H,30,32,33). The summed E-state index contributed by atoms with van der Waals surface area (Å²) >= 11 is 2.35. The maximum atomic E-state index is 14.7. The molecular formula is C26H27FIN7O2. The van der Waals surface area contributed by atoms with E-state index in [1.807, 2.05) is 35.2 Å². The highest BCUT2D eigenvalue weighted by Gasteiger charge is 2.30. The van der Waals surface area contributed by atoms with Gasteiger partial charge in [-0.05, 0) is 55.6 Å². The van der Waals surface area contributed by atoms with Crippen LogP contribution in [0.5, 0.6) is 5.75 Å². The second-order valence-corrected chi connectivity index (χ2v) is 10.3. The molecule has 4 heterocycles. The summed E-state index contributed by atoms with van der Waals surface area (Å²) in [5.41, 5.74) is 3.33. The number of likely N-dealkylation sites (N-methyl/N-ethyl adjacent to an activating group) is 1. The normalized spacial score (nSPS) is 17.7. The summed E-state index contributed by atoms with van der Waals surface area (Å²) in [6.07, 6.45) is 6.30. The van der Waals surface area contributed by atoms with Crippen LogP contribution in [0.3, 0.4) is 0 Å². The van der Waals surface area contributed by atoms with Crippen molar-refractivity contribution >= 4 is 45.7 Å². The highest BCUT2D eigenvalue weighted by molar-refractivity contribution is 14.1. The Bertz CT molecular complexity index is 1430. The number of halogens is 2. The number of carbonyl (C=O) groups is 1. The van der Waals surface area contributed by atoms with Crippen molar-refractivity contribution in [1.29, 1.82) is 0 Å². The molecule has 1 aliphatic rings. The zero-order valence-corrected chi connectivity index (χ0v) is 22.6. The number of piperidine rings is 1. The van der Waals surface area contributed by atoms with Gasteiger partial charge in [0.15, 0.2) is 5.82 Å². The number of pyridine rings is 1. The fourth-order valence-electron chi connectivity index (χ4n) is 4.67. The van der Waals surface area contributed by atoms with Crippen molar-refractivity contribution in [2.75, 3.05) is 32.6 Å². The Morgan fingerprint density at radius 3 is 2.92 bits per heavy atom. The Morgan fingerprint density at radius 1 is 1.27 bits per heavy atom. The Labute approximate surface area is 227 Å². The number of benzene rings is 1. The summed E-state index contributed by atoms with van der Waals surface area (Å²) < 4.78 is 22.2.